The lowest BCUT2D eigenvalue weighted by Gasteiger charge is -2.21. The van der Waals surface area contributed by atoms with Crippen LogP contribution in [0.1, 0.15) is 45.9 Å². The Morgan fingerprint density at radius 3 is 2.68 bits per heavy atom. The molecule has 0 saturated carbocycles. The molecule has 0 bridgehead atoms. The molecule has 0 spiro atoms. The number of nitrogens with zero attached hydrogens (tertiary/aromatic N) is 5. The number of aromatic amines is 1. The van der Waals surface area contributed by atoms with Gasteiger partial charge in [0.2, 0.25) is 0 Å². The number of aromatic nitrogens is 4. The van der Waals surface area contributed by atoms with E-state index in [0.717, 1.165) is 31.6 Å². The van der Waals surface area contributed by atoms with Crippen LogP contribution in [0.25, 0.3) is 11.2 Å². The molecular weight excluding hydrogens is 400 g/mol. The van der Waals surface area contributed by atoms with E-state index in [1.54, 1.807) is 14.0 Å². The number of rotatable bonds is 7. The number of H-pyrrole nitrogens is 1. The van der Waals surface area contributed by atoms with Gasteiger partial charge in [-0.1, -0.05) is 27.2 Å². The zero-order chi connectivity index (χ0) is 22.5. The van der Waals surface area contributed by atoms with E-state index in [9.17, 15) is 14.4 Å². The van der Waals surface area contributed by atoms with E-state index in [-0.39, 0.29) is 6.09 Å². The topological polar surface area (TPSA) is 105 Å². The van der Waals surface area contributed by atoms with Crippen molar-refractivity contribution in [1.82, 2.24) is 28.9 Å². The van der Waals surface area contributed by atoms with Crippen LogP contribution < -0.4 is 11.2 Å². The van der Waals surface area contributed by atoms with E-state index in [1.165, 1.54) is 0 Å². The van der Waals surface area contributed by atoms with Gasteiger partial charge in [0.05, 0.1) is 13.2 Å². The van der Waals surface area contributed by atoms with E-state index < -0.39 is 11.2 Å². The molecule has 3 rings (SSSR count). The molecule has 0 unspecified atom stereocenters. The number of carbonyl (C=O) groups is 1. The van der Waals surface area contributed by atoms with Crippen molar-refractivity contribution in [1.29, 1.82) is 0 Å². The smallest absolute Gasteiger partial charge is 0.409 e. The van der Waals surface area contributed by atoms with Crippen molar-refractivity contribution in [3.63, 3.8) is 0 Å². The van der Waals surface area contributed by atoms with Gasteiger partial charge in [-0.3, -0.25) is 19.2 Å². The maximum atomic E-state index is 12.4. The SMILES string of the molecule is CCCCn1c(=O)[nH]c(=O)c2c1nc(CN1CCCN(C(=O)OCC(C)C)CC1)n2C. The lowest BCUT2D eigenvalue weighted by atomic mass is 10.2. The molecule has 0 aliphatic carbocycles. The molecule has 2 aromatic heterocycles. The first-order valence-corrected chi connectivity index (χ1v) is 11.1. The standard InChI is InChI=1S/C21H34N6O4/c1-5-6-10-27-18-17(19(28)23-20(27)29)24(4)16(22-18)13-25-8-7-9-26(12-11-25)21(30)31-14-15(2)3/h15H,5-14H2,1-4H3,(H,23,28,29). The Morgan fingerprint density at radius 2 is 1.97 bits per heavy atom. The third kappa shape index (κ3) is 5.36. The van der Waals surface area contributed by atoms with E-state index in [2.05, 4.69) is 21.8 Å². The Labute approximate surface area is 181 Å². The summed E-state index contributed by atoms with van der Waals surface area (Å²) in [5.74, 6) is 1.04. The van der Waals surface area contributed by atoms with Gasteiger partial charge in [-0.2, -0.15) is 0 Å². The highest BCUT2D eigenvalue weighted by atomic mass is 16.6. The molecule has 1 amide bonds. The zero-order valence-electron chi connectivity index (χ0n) is 19.0. The maximum absolute atomic E-state index is 12.4. The summed E-state index contributed by atoms with van der Waals surface area (Å²) in [5, 5.41) is 0. The van der Waals surface area contributed by atoms with E-state index >= 15 is 0 Å². The van der Waals surface area contributed by atoms with Gasteiger partial charge >= 0.3 is 11.8 Å². The van der Waals surface area contributed by atoms with Crippen molar-refractivity contribution >= 4 is 17.3 Å². The average Bonchev–Trinajstić information content (AvgIpc) is 2.89. The number of hydrogen-bond donors (Lipinski definition) is 1. The molecule has 3 heterocycles. The largest absolute Gasteiger partial charge is 0.449 e. The molecule has 1 aliphatic rings. The minimum Gasteiger partial charge on any atom is -0.449 e. The first kappa shape index (κ1) is 23.1. The predicted octanol–water partition coefficient (Wildman–Crippen LogP) is 1.52. The van der Waals surface area contributed by atoms with Crippen LogP contribution in [0.2, 0.25) is 0 Å². The average molecular weight is 435 g/mol. The number of hydrogen-bond acceptors (Lipinski definition) is 6. The fourth-order valence-corrected chi connectivity index (χ4v) is 3.80. The molecule has 2 aromatic rings. The first-order valence-electron chi connectivity index (χ1n) is 11.1. The van der Waals surface area contributed by atoms with Gasteiger partial charge in [0.15, 0.2) is 11.2 Å². The van der Waals surface area contributed by atoms with E-state index in [1.807, 2.05) is 20.9 Å². The lowest BCUT2D eigenvalue weighted by molar-refractivity contribution is 0.0929. The molecule has 10 nitrogen and oxygen atoms in total. The summed E-state index contributed by atoms with van der Waals surface area (Å²) in [4.78, 5) is 48.1. The number of carbonyl (C=O) groups excluding carboxylic acids is 1. The van der Waals surface area contributed by atoms with Crippen LogP contribution in [0, 0.1) is 5.92 Å². The molecule has 1 fully saturated rings. The van der Waals surface area contributed by atoms with Crippen LogP contribution in [0.3, 0.4) is 0 Å². The number of fused-ring (bicyclic) bond motifs is 1. The number of aryl methyl sites for hydroxylation is 2. The summed E-state index contributed by atoms with van der Waals surface area (Å²) in [5.41, 5.74) is 0.0256. The van der Waals surface area contributed by atoms with Gasteiger partial charge < -0.3 is 14.2 Å². The molecule has 1 aliphatic heterocycles. The highest BCUT2D eigenvalue weighted by Gasteiger charge is 2.23. The molecule has 1 saturated heterocycles. The van der Waals surface area contributed by atoms with Crippen LogP contribution in [0.4, 0.5) is 4.79 Å². The van der Waals surface area contributed by atoms with Crippen LogP contribution in [0.15, 0.2) is 9.59 Å². The van der Waals surface area contributed by atoms with Crippen molar-refractivity contribution in [3.05, 3.63) is 26.7 Å². The third-order valence-corrected chi connectivity index (χ3v) is 5.59. The summed E-state index contributed by atoms with van der Waals surface area (Å²) in [6.07, 6.45) is 2.35. The van der Waals surface area contributed by atoms with Crippen molar-refractivity contribution in [2.45, 2.75) is 53.1 Å². The number of imidazole rings is 1. The van der Waals surface area contributed by atoms with Crippen LogP contribution >= 0.6 is 0 Å². The quantitative estimate of drug-likeness (QED) is 0.708. The summed E-state index contributed by atoms with van der Waals surface area (Å²) in [6.45, 7) is 10.3. The summed E-state index contributed by atoms with van der Waals surface area (Å²) in [7, 11) is 1.81. The van der Waals surface area contributed by atoms with Gasteiger partial charge in [-0.25, -0.2) is 14.6 Å². The molecule has 0 radical (unpaired) electrons. The molecule has 10 heteroatoms. The Morgan fingerprint density at radius 1 is 1.19 bits per heavy atom. The predicted molar refractivity (Wildman–Crippen MR) is 118 cm³/mol. The lowest BCUT2D eigenvalue weighted by Crippen LogP contribution is -2.36. The second kappa shape index (κ2) is 10.1. The van der Waals surface area contributed by atoms with Gasteiger partial charge in [0.1, 0.15) is 5.82 Å². The number of amides is 1. The van der Waals surface area contributed by atoms with E-state index in [4.69, 9.17) is 4.74 Å². The number of ether oxygens (including phenoxy) is 1. The number of nitrogens with one attached hydrogen (secondary N) is 1. The van der Waals surface area contributed by atoms with Crippen LogP contribution in [0.5, 0.6) is 0 Å². The monoisotopic (exact) mass is 434 g/mol. The fourth-order valence-electron chi connectivity index (χ4n) is 3.80. The molecule has 1 N–H and O–H groups in total. The molecule has 0 aromatic carbocycles. The second-order valence-corrected chi connectivity index (χ2v) is 8.61. The van der Waals surface area contributed by atoms with Gasteiger partial charge in [0.25, 0.3) is 5.56 Å². The van der Waals surface area contributed by atoms with E-state index in [0.29, 0.717) is 56.4 Å². The highest BCUT2D eigenvalue weighted by molar-refractivity contribution is 5.70. The Balaban J connectivity index is 1.75. The molecule has 31 heavy (non-hydrogen) atoms. The maximum Gasteiger partial charge on any atom is 0.409 e. The first-order chi connectivity index (χ1) is 14.8. The minimum absolute atomic E-state index is 0.259. The van der Waals surface area contributed by atoms with Crippen molar-refractivity contribution < 1.29 is 9.53 Å². The Kier molecular flexibility index (Phi) is 7.53. The van der Waals surface area contributed by atoms with Gasteiger partial charge in [-0.15, -0.1) is 0 Å². The third-order valence-electron chi connectivity index (χ3n) is 5.59. The van der Waals surface area contributed by atoms with Gasteiger partial charge in [0, 0.05) is 39.8 Å². The van der Waals surface area contributed by atoms with Crippen LogP contribution in [-0.2, 0) is 24.9 Å². The minimum atomic E-state index is -0.416. The summed E-state index contributed by atoms with van der Waals surface area (Å²) >= 11 is 0. The molecular formula is C21H34N6O4. The van der Waals surface area contributed by atoms with Gasteiger partial charge in [-0.05, 0) is 18.8 Å². The van der Waals surface area contributed by atoms with Crippen LogP contribution in [-0.4, -0.2) is 67.8 Å². The Hall–Kier alpha value is -2.62. The molecule has 172 valence electrons. The summed E-state index contributed by atoms with van der Waals surface area (Å²) in [6, 6.07) is 0. The fraction of sp³-hybridized carbons (Fsp3) is 0.714. The highest BCUT2D eigenvalue weighted by Crippen LogP contribution is 2.14. The zero-order valence-corrected chi connectivity index (χ0v) is 19.0. The normalized spacial score (nSPS) is 15.6. The Bertz CT molecular complexity index is 1020. The number of unbranched alkanes of at least 4 members (excludes halogenated alkanes) is 1. The molecule has 0 atom stereocenters. The van der Waals surface area contributed by atoms with Crippen molar-refractivity contribution in [2.24, 2.45) is 13.0 Å². The second-order valence-electron chi connectivity index (χ2n) is 8.61. The van der Waals surface area contributed by atoms with Crippen molar-refractivity contribution in [2.75, 3.05) is 32.8 Å². The van der Waals surface area contributed by atoms with Crippen molar-refractivity contribution in [3.8, 4) is 0 Å². The summed E-state index contributed by atoms with van der Waals surface area (Å²) < 4.78 is 8.69.